The monoisotopic (exact) mass is 204 g/mol. The first-order valence-corrected chi connectivity index (χ1v) is 6.13. The van der Waals surface area contributed by atoms with Crippen LogP contribution in [0.1, 0.15) is 56.1 Å². The van der Waals surface area contributed by atoms with Crippen molar-refractivity contribution in [1.82, 2.24) is 0 Å². The highest BCUT2D eigenvalue weighted by Crippen LogP contribution is 2.44. The molecule has 0 aliphatic heterocycles. The van der Waals surface area contributed by atoms with E-state index in [1.807, 2.05) is 6.07 Å². The van der Waals surface area contributed by atoms with Crippen molar-refractivity contribution in [3.63, 3.8) is 0 Å². The van der Waals surface area contributed by atoms with Crippen molar-refractivity contribution in [2.45, 2.75) is 51.4 Å². The van der Waals surface area contributed by atoms with Crippen LogP contribution in [0, 0.1) is 0 Å². The molecule has 1 fully saturated rings. The van der Waals surface area contributed by atoms with E-state index in [9.17, 15) is 5.11 Å². The van der Waals surface area contributed by atoms with Crippen LogP contribution in [0.5, 0.6) is 5.75 Å². The molecule has 1 saturated carbocycles. The summed E-state index contributed by atoms with van der Waals surface area (Å²) in [6.07, 6.45) is 7.38. The van der Waals surface area contributed by atoms with Gasteiger partial charge in [0.15, 0.2) is 0 Å². The Balaban J connectivity index is 1.98. The maximum atomic E-state index is 9.86. The fraction of sp³-hybridized carbons (Fsp3) is 0.571. The molecule has 0 spiro atoms. The molecule has 0 amide bonds. The van der Waals surface area contributed by atoms with Crippen LogP contribution in [0.15, 0.2) is 18.2 Å². The minimum atomic E-state index is 0.520. The summed E-state index contributed by atoms with van der Waals surface area (Å²) in [5, 5.41) is 9.86. The van der Waals surface area contributed by atoms with Gasteiger partial charge in [-0.1, -0.05) is 31.9 Å². The topological polar surface area (TPSA) is 20.2 Å². The zero-order valence-corrected chi connectivity index (χ0v) is 9.50. The maximum absolute atomic E-state index is 9.86. The standard InChI is InChI=1S/C14H20O/c1-2-3-4-5-11-6-9-13(12-7-8-12)14(15)10-11/h6,9-10,12,15H,2-5,7-8H2,1H3. The van der Waals surface area contributed by atoms with Gasteiger partial charge in [-0.3, -0.25) is 0 Å². The Morgan fingerprint density at radius 1 is 1.27 bits per heavy atom. The zero-order chi connectivity index (χ0) is 10.7. The molecular formula is C14H20O. The van der Waals surface area contributed by atoms with Gasteiger partial charge in [0.1, 0.15) is 5.75 Å². The Morgan fingerprint density at radius 3 is 2.67 bits per heavy atom. The van der Waals surface area contributed by atoms with E-state index in [2.05, 4.69) is 19.1 Å². The number of phenols is 1. The number of rotatable bonds is 5. The number of phenolic OH excluding ortho intramolecular Hbond substituents is 1. The summed E-state index contributed by atoms with van der Waals surface area (Å²) in [5.74, 6) is 1.17. The summed E-state index contributed by atoms with van der Waals surface area (Å²) in [5.41, 5.74) is 2.44. The molecule has 1 nitrogen and oxygen atoms in total. The van der Waals surface area contributed by atoms with Crippen LogP contribution in [-0.2, 0) is 6.42 Å². The molecule has 1 N–H and O–H groups in total. The summed E-state index contributed by atoms with van der Waals surface area (Å²) in [4.78, 5) is 0. The number of aromatic hydroxyl groups is 1. The fourth-order valence-corrected chi connectivity index (χ4v) is 2.06. The smallest absolute Gasteiger partial charge is 0.119 e. The number of unbranched alkanes of at least 4 members (excludes halogenated alkanes) is 2. The van der Waals surface area contributed by atoms with Gasteiger partial charge in [-0.05, 0) is 48.8 Å². The fourth-order valence-electron chi connectivity index (χ4n) is 2.06. The third-order valence-corrected chi connectivity index (χ3v) is 3.18. The molecule has 0 unspecified atom stereocenters. The number of aryl methyl sites for hydroxylation is 1. The van der Waals surface area contributed by atoms with Crippen molar-refractivity contribution in [2.24, 2.45) is 0 Å². The SMILES string of the molecule is CCCCCc1ccc(C2CC2)c(O)c1. The van der Waals surface area contributed by atoms with Gasteiger partial charge in [0.05, 0.1) is 0 Å². The summed E-state index contributed by atoms with van der Waals surface area (Å²) in [6.45, 7) is 2.22. The van der Waals surface area contributed by atoms with Gasteiger partial charge in [0.2, 0.25) is 0 Å². The summed E-state index contributed by atoms with van der Waals surface area (Å²) in [7, 11) is 0. The molecule has 0 saturated heterocycles. The Hall–Kier alpha value is -0.980. The maximum Gasteiger partial charge on any atom is 0.119 e. The van der Waals surface area contributed by atoms with E-state index in [0.717, 1.165) is 12.0 Å². The van der Waals surface area contributed by atoms with E-state index in [0.29, 0.717) is 11.7 Å². The zero-order valence-electron chi connectivity index (χ0n) is 9.50. The van der Waals surface area contributed by atoms with E-state index in [4.69, 9.17) is 0 Å². The van der Waals surface area contributed by atoms with Crippen molar-refractivity contribution < 1.29 is 5.11 Å². The molecular weight excluding hydrogens is 184 g/mol. The van der Waals surface area contributed by atoms with Crippen molar-refractivity contribution in [3.8, 4) is 5.75 Å². The van der Waals surface area contributed by atoms with Crippen LogP contribution < -0.4 is 0 Å². The minimum absolute atomic E-state index is 0.520. The molecule has 1 aromatic carbocycles. The van der Waals surface area contributed by atoms with Gasteiger partial charge >= 0.3 is 0 Å². The predicted octanol–water partition coefficient (Wildman–Crippen LogP) is 4.00. The van der Waals surface area contributed by atoms with E-state index in [1.54, 1.807) is 0 Å². The second-order valence-corrected chi connectivity index (χ2v) is 4.62. The predicted molar refractivity (Wildman–Crippen MR) is 63.3 cm³/mol. The minimum Gasteiger partial charge on any atom is -0.508 e. The molecule has 82 valence electrons. The summed E-state index contributed by atoms with van der Waals surface area (Å²) >= 11 is 0. The average molecular weight is 204 g/mol. The molecule has 1 aliphatic rings. The largest absolute Gasteiger partial charge is 0.508 e. The second-order valence-electron chi connectivity index (χ2n) is 4.62. The molecule has 0 aromatic heterocycles. The normalized spacial score (nSPS) is 15.5. The van der Waals surface area contributed by atoms with Crippen molar-refractivity contribution >= 4 is 0 Å². The molecule has 1 aromatic rings. The van der Waals surface area contributed by atoms with E-state index < -0.39 is 0 Å². The lowest BCUT2D eigenvalue weighted by Gasteiger charge is -2.06. The van der Waals surface area contributed by atoms with Gasteiger partial charge in [-0.25, -0.2) is 0 Å². The first kappa shape index (κ1) is 10.5. The molecule has 2 rings (SSSR count). The average Bonchev–Trinajstić information content (AvgIpc) is 3.02. The lowest BCUT2D eigenvalue weighted by Crippen LogP contribution is -1.88. The number of benzene rings is 1. The van der Waals surface area contributed by atoms with Crippen LogP contribution in [0.4, 0.5) is 0 Å². The Morgan fingerprint density at radius 2 is 2.07 bits per heavy atom. The first-order chi connectivity index (χ1) is 7.31. The first-order valence-electron chi connectivity index (χ1n) is 6.13. The van der Waals surface area contributed by atoms with E-state index >= 15 is 0 Å². The molecule has 1 aliphatic carbocycles. The Bertz CT molecular complexity index is 326. The van der Waals surface area contributed by atoms with E-state index in [1.165, 1.54) is 37.7 Å². The van der Waals surface area contributed by atoms with Gasteiger partial charge in [-0.15, -0.1) is 0 Å². The van der Waals surface area contributed by atoms with Crippen LogP contribution in [0.25, 0.3) is 0 Å². The quantitative estimate of drug-likeness (QED) is 0.719. The van der Waals surface area contributed by atoms with Crippen LogP contribution >= 0.6 is 0 Å². The number of hydrogen-bond acceptors (Lipinski definition) is 1. The molecule has 0 heterocycles. The highest BCUT2D eigenvalue weighted by atomic mass is 16.3. The summed E-state index contributed by atoms with van der Waals surface area (Å²) in [6, 6.07) is 6.26. The molecule has 1 heteroatoms. The molecule has 0 atom stereocenters. The highest BCUT2D eigenvalue weighted by Gasteiger charge is 2.25. The third-order valence-electron chi connectivity index (χ3n) is 3.18. The molecule has 0 bridgehead atoms. The van der Waals surface area contributed by atoms with Crippen molar-refractivity contribution in [3.05, 3.63) is 29.3 Å². The summed E-state index contributed by atoms with van der Waals surface area (Å²) < 4.78 is 0. The molecule has 15 heavy (non-hydrogen) atoms. The third kappa shape index (κ3) is 2.74. The van der Waals surface area contributed by atoms with Crippen LogP contribution in [-0.4, -0.2) is 5.11 Å². The Kier molecular flexibility index (Phi) is 3.30. The van der Waals surface area contributed by atoms with Gasteiger partial charge in [-0.2, -0.15) is 0 Å². The van der Waals surface area contributed by atoms with Crippen molar-refractivity contribution in [1.29, 1.82) is 0 Å². The number of hydrogen-bond donors (Lipinski definition) is 1. The lowest BCUT2D eigenvalue weighted by atomic mass is 10.0. The van der Waals surface area contributed by atoms with Crippen LogP contribution in [0.2, 0.25) is 0 Å². The van der Waals surface area contributed by atoms with E-state index in [-0.39, 0.29) is 0 Å². The van der Waals surface area contributed by atoms with Gasteiger partial charge in [0, 0.05) is 0 Å². The van der Waals surface area contributed by atoms with Gasteiger partial charge in [0.25, 0.3) is 0 Å². The van der Waals surface area contributed by atoms with Crippen LogP contribution in [0.3, 0.4) is 0 Å². The van der Waals surface area contributed by atoms with Gasteiger partial charge < -0.3 is 5.11 Å². The Labute approximate surface area is 92.1 Å². The molecule has 0 radical (unpaired) electrons. The van der Waals surface area contributed by atoms with Crippen molar-refractivity contribution in [2.75, 3.05) is 0 Å². The second kappa shape index (κ2) is 4.69. The highest BCUT2D eigenvalue weighted by molar-refractivity contribution is 5.40. The lowest BCUT2D eigenvalue weighted by molar-refractivity contribution is 0.467.